The lowest BCUT2D eigenvalue weighted by Gasteiger charge is -2.04. The molecule has 0 fully saturated rings. The minimum Gasteiger partial charge on any atom is -0.326 e. The van der Waals surface area contributed by atoms with Crippen molar-refractivity contribution in [2.24, 2.45) is 17.3 Å². The summed E-state index contributed by atoms with van der Waals surface area (Å²) >= 11 is 0. The normalized spacial score (nSPS) is 10.9. The highest BCUT2D eigenvalue weighted by Gasteiger charge is 2.05. The van der Waals surface area contributed by atoms with Gasteiger partial charge in [0.05, 0.1) is 0 Å². The van der Waals surface area contributed by atoms with Gasteiger partial charge >= 0.3 is 0 Å². The summed E-state index contributed by atoms with van der Waals surface area (Å²) < 4.78 is 15.3. The molecule has 1 amide bonds. The monoisotopic (exact) mass is 275 g/mol. The lowest BCUT2D eigenvalue weighted by Crippen LogP contribution is -2.09. The Bertz CT molecular complexity index is 650. The smallest absolute Gasteiger partial charge is 0.249 e. The van der Waals surface area contributed by atoms with Crippen LogP contribution in [-0.2, 0) is 11.8 Å². The van der Waals surface area contributed by atoms with E-state index in [1.807, 2.05) is 0 Å². The van der Waals surface area contributed by atoms with Gasteiger partial charge in [-0.3, -0.25) is 4.79 Å². The van der Waals surface area contributed by atoms with Gasteiger partial charge in [0.2, 0.25) is 11.9 Å². The van der Waals surface area contributed by atoms with Crippen LogP contribution in [0.4, 0.5) is 21.7 Å². The van der Waals surface area contributed by atoms with Crippen molar-refractivity contribution in [3.63, 3.8) is 0 Å². The van der Waals surface area contributed by atoms with Crippen LogP contribution in [-0.4, -0.2) is 15.5 Å². The molecule has 2 aromatic rings. The van der Waals surface area contributed by atoms with Crippen molar-refractivity contribution in [2.45, 2.75) is 13.3 Å². The molecule has 0 saturated carbocycles. The second-order valence-corrected chi connectivity index (χ2v) is 4.11. The van der Waals surface area contributed by atoms with E-state index < -0.39 is 5.82 Å². The maximum Gasteiger partial charge on any atom is 0.249 e. The van der Waals surface area contributed by atoms with Gasteiger partial charge in [-0.25, -0.2) is 9.37 Å². The summed E-state index contributed by atoms with van der Waals surface area (Å²) in [7, 11) is 1.76. The van der Waals surface area contributed by atoms with Crippen molar-refractivity contribution in [1.29, 1.82) is 0 Å². The molecule has 0 atom stereocenters. The van der Waals surface area contributed by atoms with Crippen molar-refractivity contribution in [3.05, 3.63) is 36.4 Å². The quantitative estimate of drug-likeness (QED) is 0.869. The van der Waals surface area contributed by atoms with E-state index in [9.17, 15) is 9.18 Å². The molecule has 0 aliphatic heterocycles. The lowest BCUT2D eigenvalue weighted by atomic mass is 10.2. The first-order valence-electron chi connectivity index (χ1n) is 6.08. The third kappa shape index (κ3) is 3.25. The van der Waals surface area contributed by atoms with Crippen molar-refractivity contribution >= 4 is 23.2 Å². The number of nitrogens with one attached hydrogen (secondary N) is 1. The van der Waals surface area contributed by atoms with Crippen molar-refractivity contribution in [3.8, 4) is 0 Å². The Balaban J connectivity index is 2.23. The number of halogens is 1. The zero-order chi connectivity index (χ0) is 14.5. The van der Waals surface area contributed by atoms with Gasteiger partial charge in [0.15, 0.2) is 5.82 Å². The number of benzene rings is 1. The Kier molecular flexibility index (Phi) is 4.19. The molecule has 0 spiro atoms. The first kappa shape index (κ1) is 13.9. The summed E-state index contributed by atoms with van der Waals surface area (Å²) in [5.74, 6) is -0.298. The molecule has 1 heterocycles. The number of anilines is 1. The standard InChI is InChI=1S/C13H14FN5O/c1-3-12(20)16-9-4-5-10(14)11(8-9)17-18-13-15-6-7-19(13)2/h4-8H,3H2,1-2H3,(H,16,20)/b18-17+. The van der Waals surface area contributed by atoms with E-state index in [1.54, 1.807) is 30.9 Å². The van der Waals surface area contributed by atoms with Gasteiger partial charge in [0.1, 0.15) is 5.69 Å². The lowest BCUT2D eigenvalue weighted by molar-refractivity contribution is -0.115. The maximum absolute atomic E-state index is 13.6. The number of hydrogen-bond donors (Lipinski definition) is 1. The van der Waals surface area contributed by atoms with Gasteiger partial charge in [0, 0.05) is 31.5 Å². The largest absolute Gasteiger partial charge is 0.326 e. The fourth-order valence-electron chi connectivity index (χ4n) is 1.47. The average molecular weight is 275 g/mol. The van der Waals surface area contributed by atoms with Crippen LogP contribution in [0.1, 0.15) is 13.3 Å². The second kappa shape index (κ2) is 6.05. The third-order valence-corrected chi connectivity index (χ3v) is 2.59. The number of imidazole rings is 1. The van der Waals surface area contributed by atoms with Gasteiger partial charge < -0.3 is 9.88 Å². The molecule has 0 aliphatic rings. The topological polar surface area (TPSA) is 71.6 Å². The molecule has 7 heteroatoms. The Hall–Kier alpha value is -2.57. The number of amides is 1. The van der Waals surface area contributed by atoms with E-state index in [4.69, 9.17) is 0 Å². The first-order valence-corrected chi connectivity index (χ1v) is 6.08. The predicted octanol–water partition coefficient (Wildman–Crippen LogP) is 3.32. The van der Waals surface area contributed by atoms with Crippen LogP contribution in [0, 0.1) is 5.82 Å². The zero-order valence-corrected chi connectivity index (χ0v) is 11.2. The molecule has 20 heavy (non-hydrogen) atoms. The zero-order valence-electron chi connectivity index (χ0n) is 11.2. The molecule has 1 aromatic heterocycles. The predicted molar refractivity (Wildman–Crippen MR) is 72.7 cm³/mol. The van der Waals surface area contributed by atoms with E-state index in [1.165, 1.54) is 18.2 Å². The summed E-state index contributed by atoms with van der Waals surface area (Å²) in [4.78, 5) is 15.2. The molecule has 0 radical (unpaired) electrons. The minimum atomic E-state index is -0.516. The number of nitrogens with zero attached hydrogens (tertiary/aromatic N) is 4. The number of aromatic nitrogens is 2. The Labute approximate surface area is 115 Å². The van der Waals surface area contributed by atoms with Crippen molar-refractivity contribution in [1.82, 2.24) is 9.55 Å². The number of azo groups is 1. The van der Waals surface area contributed by atoms with Gasteiger partial charge in [-0.05, 0) is 18.2 Å². The fraction of sp³-hybridized carbons (Fsp3) is 0.231. The Morgan fingerprint density at radius 2 is 2.25 bits per heavy atom. The molecule has 0 unspecified atom stereocenters. The van der Waals surface area contributed by atoms with Gasteiger partial charge in [-0.15, -0.1) is 10.2 Å². The molecule has 1 N–H and O–H groups in total. The third-order valence-electron chi connectivity index (χ3n) is 2.59. The molecular weight excluding hydrogens is 261 g/mol. The number of carbonyl (C=O) groups excluding carboxylic acids is 1. The van der Waals surface area contributed by atoms with Crippen LogP contribution in [0.25, 0.3) is 0 Å². The minimum absolute atomic E-state index is 0.0434. The number of aryl methyl sites for hydroxylation is 1. The summed E-state index contributed by atoms with van der Waals surface area (Å²) in [5, 5.41) is 10.3. The molecule has 2 rings (SSSR count). The van der Waals surface area contributed by atoms with Gasteiger partial charge in [-0.1, -0.05) is 6.92 Å². The highest BCUT2D eigenvalue weighted by Crippen LogP contribution is 2.24. The SMILES string of the molecule is CCC(=O)Nc1ccc(F)c(/N=N/c2nccn2C)c1. The Morgan fingerprint density at radius 1 is 1.45 bits per heavy atom. The van der Waals surface area contributed by atoms with Crippen LogP contribution in [0.5, 0.6) is 0 Å². The number of carbonyl (C=O) groups is 1. The van der Waals surface area contributed by atoms with E-state index in [2.05, 4.69) is 20.5 Å². The van der Waals surface area contributed by atoms with Crippen molar-refractivity contribution < 1.29 is 9.18 Å². The van der Waals surface area contributed by atoms with E-state index >= 15 is 0 Å². The summed E-state index contributed by atoms with van der Waals surface area (Å²) in [6, 6.07) is 4.13. The molecule has 1 aromatic carbocycles. The van der Waals surface area contributed by atoms with E-state index in [0.29, 0.717) is 18.1 Å². The number of rotatable bonds is 4. The number of hydrogen-bond acceptors (Lipinski definition) is 4. The first-order chi connectivity index (χ1) is 9.60. The summed E-state index contributed by atoms with van der Waals surface area (Å²) in [5.41, 5.74) is 0.522. The maximum atomic E-state index is 13.6. The molecule has 0 bridgehead atoms. The van der Waals surface area contributed by atoms with E-state index in [0.717, 1.165) is 0 Å². The Morgan fingerprint density at radius 3 is 2.90 bits per heavy atom. The molecule has 0 aliphatic carbocycles. The van der Waals surface area contributed by atoms with Crippen LogP contribution >= 0.6 is 0 Å². The molecule has 104 valence electrons. The fourth-order valence-corrected chi connectivity index (χ4v) is 1.47. The highest BCUT2D eigenvalue weighted by molar-refractivity contribution is 5.90. The molecule has 6 nitrogen and oxygen atoms in total. The molecular formula is C13H14FN5O. The second-order valence-electron chi connectivity index (χ2n) is 4.11. The van der Waals surface area contributed by atoms with Crippen LogP contribution in [0.2, 0.25) is 0 Å². The summed E-state index contributed by atoms with van der Waals surface area (Å²) in [6.07, 6.45) is 3.63. The highest BCUT2D eigenvalue weighted by atomic mass is 19.1. The van der Waals surface area contributed by atoms with Crippen LogP contribution in [0.3, 0.4) is 0 Å². The van der Waals surface area contributed by atoms with Crippen LogP contribution < -0.4 is 5.32 Å². The summed E-state index contributed by atoms with van der Waals surface area (Å²) in [6.45, 7) is 1.74. The van der Waals surface area contributed by atoms with Crippen molar-refractivity contribution in [2.75, 3.05) is 5.32 Å². The molecule has 0 saturated heterocycles. The van der Waals surface area contributed by atoms with E-state index in [-0.39, 0.29) is 11.6 Å². The van der Waals surface area contributed by atoms with Gasteiger partial charge in [0.25, 0.3) is 0 Å². The van der Waals surface area contributed by atoms with Crippen LogP contribution in [0.15, 0.2) is 40.8 Å². The average Bonchev–Trinajstić information content (AvgIpc) is 2.84. The van der Waals surface area contributed by atoms with Gasteiger partial charge in [-0.2, -0.15) is 0 Å².